The SMILES string of the molecule is CCN(CC1CCCN1)c1ccc(OC)cn1. The predicted octanol–water partition coefficient (Wildman–Crippen LogP) is 1.67. The van der Waals surface area contributed by atoms with Gasteiger partial charge in [-0.1, -0.05) is 0 Å². The van der Waals surface area contributed by atoms with Crippen LogP contribution in [0.1, 0.15) is 19.8 Å². The van der Waals surface area contributed by atoms with E-state index in [9.17, 15) is 0 Å². The first-order valence-electron chi connectivity index (χ1n) is 6.32. The van der Waals surface area contributed by atoms with Gasteiger partial charge in [-0.2, -0.15) is 0 Å². The van der Waals surface area contributed by atoms with E-state index in [-0.39, 0.29) is 0 Å². The van der Waals surface area contributed by atoms with Gasteiger partial charge in [0.25, 0.3) is 0 Å². The Balaban J connectivity index is 2.00. The summed E-state index contributed by atoms with van der Waals surface area (Å²) in [5, 5.41) is 3.52. The average molecular weight is 235 g/mol. The summed E-state index contributed by atoms with van der Waals surface area (Å²) >= 11 is 0. The van der Waals surface area contributed by atoms with E-state index in [1.807, 2.05) is 12.1 Å². The Hall–Kier alpha value is -1.29. The zero-order chi connectivity index (χ0) is 12.1. The van der Waals surface area contributed by atoms with E-state index in [1.54, 1.807) is 13.3 Å². The largest absolute Gasteiger partial charge is 0.495 e. The monoisotopic (exact) mass is 235 g/mol. The van der Waals surface area contributed by atoms with Crippen LogP contribution in [0, 0.1) is 0 Å². The lowest BCUT2D eigenvalue weighted by atomic mass is 10.2. The minimum atomic E-state index is 0.610. The average Bonchev–Trinajstić information content (AvgIpc) is 2.89. The van der Waals surface area contributed by atoms with E-state index in [0.717, 1.165) is 31.2 Å². The van der Waals surface area contributed by atoms with Crippen LogP contribution < -0.4 is 15.0 Å². The van der Waals surface area contributed by atoms with E-state index in [2.05, 4.69) is 22.1 Å². The molecule has 1 aromatic rings. The van der Waals surface area contributed by atoms with Crippen LogP contribution in [0.5, 0.6) is 5.75 Å². The van der Waals surface area contributed by atoms with Gasteiger partial charge in [0.2, 0.25) is 0 Å². The van der Waals surface area contributed by atoms with Gasteiger partial charge in [0, 0.05) is 19.1 Å². The normalized spacial score (nSPS) is 19.3. The van der Waals surface area contributed by atoms with Crippen molar-refractivity contribution in [3.63, 3.8) is 0 Å². The Morgan fingerprint density at radius 3 is 2.94 bits per heavy atom. The molecule has 0 saturated carbocycles. The summed E-state index contributed by atoms with van der Waals surface area (Å²) in [7, 11) is 1.66. The molecule has 1 unspecified atom stereocenters. The lowest BCUT2D eigenvalue weighted by Crippen LogP contribution is -2.37. The molecule has 4 nitrogen and oxygen atoms in total. The van der Waals surface area contributed by atoms with Crippen LogP contribution in [0.15, 0.2) is 18.3 Å². The molecule has 1 aromatic heterocycles. The van der Waals surface area contributed by atoms with Crippen molar-refractivity contribution in [2.75, 3.05) is 31.6 Å². The molecule has 1 saturated heterocycles. The van der Waals surface area contributed by atoms with Gasteiger partial charge in [0.1, 0.15) is 11.6 Å². The lowest BCUT2D eigenvalue weighted by molar-refractivity contribution is 0.413. The molecular formula is C13H21N3O. The van der Waals surface area contributed by atoms with E-state index in [0.29, 0.717) is 6.04 Å². The molecule has 0 bridgehead atoms. The van der Waals surface area contributed by atoms with Crippen molar-refractivity contribution in [3.8, 4) is 5.75 Å². The number of rotatable bonds is 5. The molecule has 1 aliphatic rings. The lowest BCUT2D eigenvalue weighted by Gasteiger charge is -2.25. The molecule has 0 spiro atoms. The number of hydrogen-bond acceptors (Lipinski definition) is 4. The third kappa shape index (κ3) is 3.09. The van der Waals surface area contributed by atoms with Crippen LogP contribution in [0.25, 0.3) is 0 Å². The van der Waals surface area contributed by atoms with E-state index in [4.69, 9.17) is 4.74 Å². The molecule has 1 aliphatic heterocycles. The van der Waals surface area contributed by atoms with Gasteiger partial charge in [-0.05, 0) is 38.4 Å². The van der Waals surface area contributed by atoms with Gasteiger partial charge >= 0.3 is 0 Å². The fourth-order valence-electron chi connectivity index (χ4n) is 2.24. The highest BCUT2D eigenvalue weighted by atomic mass is 16.5. The molecule has 2 rings (SSSR count). The fraction of sp³-hybridized carbons (Fsp3) is 0.615. The summed E-state index contributed by atoms with van der Waals surface area (Å²) in [4.78, 5) is 6.74. The summed E-state index contributed by atoms with van der Waals surface area (Å²) in [6.07, 6.45) is 4.34. The molecule has 1 fully saturated rings. The Kier molecular flexibility index (Phi) is 4.20. The molecule has 0 amide bonds. The number of anilines is 1. The number of methoxy groups -OCH3 is 1. The highest BCUT2D eigenvalue weighted by Gasteiger charge is 2.17. The maximum absolute atomic E-state index is 5.12. The first-order chi connectivity index (χ1) is 8.33. The molecule has 2 heterocycles. The molecule has 1 N–H and O–H groups in total. The summed E-state index contributed by atoms with van der Waals surface area (Å²) in [5.41, 5.74) is 0. The van der Waals surface area contributed by atoms with Gasteiger partial charge in [-0.3, -0.25) is 0 Å². The van der Waals surface area contributed by atoms with Gasteiger partial charge in [-0.15, -0.1) is 0 Å². The first-order valence-corrected chi connectivity index (χ1v) is 6.32. The Bertz CT molecular complexity index is 333. The van der Waals surface area contributed by atoms with E-state index in [1.165, 1.54) is 12.8 Å². The highest BCUT2D eigenvalue weighted by molar-refractivity contribution is 5.40. The Morgan fingerprint density at radius 1 is 1.53 bits per heavy atom. The molecule has 0 aliphatic carbocycles. The summed E-state index contributed by atoms with van der Waals surface area (Å²) in [6.45, 7) is 5.34. The van der Waals surface area contributed by atoms with Gasteiger partial charge in [0.15, 0.2) is 0 Å². The van der Waals surface area contributed by atoms with Crippen molar-refractivity contribution in [1.29, 1.82) is 0 Å². The standard InChI is InChI=1S/C13H21N3O/c1-3-16(10-11-5-4-8-14-11)13-7-6-12(17-2)9-15-13/h6-7,9,11,14H,3-5,8,10H2,1-2H3. The second kappa shape index (κ2) is 5.87. The second-order valence-corrected chi connectivity index (χ2v) is 4.39. The summed E-state index contributed by atoms with van der Waals surface area (Å²) in [6, 6.07) is 4.60. The number of nitrogens with one attached hydrogen (secondary N) is 1. The molecule has 17 heavy (non-hydrogen) atoms. The zero-order valence-electron chi connectivity index (χ0n) is 10.6. The maximum atomic E-state index is 5.12. The predicted molar refractivity (Wildman–Crippen MR) is 69.7 cm³/mol. The highest BCUT2D eigenvalue weighted by Crippen LogP contribution is 2.17. The molecule has 4 heteroatoms. The number of ether oxygens (including phenoxy) is 1. The van der Waals surface area contributed by atoms with Crippen molar-refractivity contribution in [2.24, 2.45) is 0 Å². The van der Waals surface area contributed by atoms with E-state index < -0.39 is 0 Å². The minimum absolute atomic E-state index is 0.610. The van der Waals surface area contributed by atoms with Crippen LogP contribution in [0.3, 0.4) is 0 Å². The van der Waals surface area contributed by atoms with Crippen molar-refractivity contribution in [1.82, 2.24) is 10.3 Å². The van der Waals surface area contributed by atoms with Crippen LogP contribution in [0.4, 0.5) is 5.82 Å². The molecule has 1 atom stereocenters. The maximum Gasteiger partial charge on any atom is 0.137 e. The van der Waals surface area contributed by atoms with Crippen molar-refractivity contribution < 1.29 is 4.74 Å². The van der Waals surface area contributed by atoms with Crippen LogP contribution in [0.2, 0.25) is 0 Å². The second-order valence-electron chi connectivity index (χ2n) is 4.39. The number of aromatic nitrogens is 1. The number of pyridine rings is 1. The fourth-order valence-corrected chi connectivity index (χ4v) is 2.24. The zero-order valence-corrected chi connectivity index (χ0v) is 10.6. The number of likely N-dealkylation sites (N-methyl/N-ethyl adjacent to an activating group) is 1. The van der Waals surface area contributed by atoms with Gasteiger partial charge in [-0.25, -0.2) is 4.98 Å². The number of hydrogen-bond donors (Lipinski definition) is 1. The van der Waals surface area contributed by atoms with E-state index >= 15 is 0 Å². The third-order valence-corrected chi connectivity index (χ3v) is 3.27. The van der Waals surface area contributed by atoms with Crippen LogP contribution >= 0.6 is 0 Å². The summed E-state index contributed by atoms with van der Waals surface area (Å²) < 4.78 is 5.12. The van der Waals surface area contributed by atoms with Crippen molar-refractivity contribution in [3.05, 3.63) is 18.3 Å². The van der Waals surface area contributed by atoms with Crippen LogP contribution in [-0.4, -0.2) is 37.8 Å². The smallest absolute Gasteiger partial charge is 0.137 e. The Labute approximate surface area is 103 Å². The molecule has 94 valence electrons. The van der Waals surface area contributed by atoms with Crippen molar-refractivity contribution in [2.45, 2.75) is 25.8 Å². The third-order valence-electron chi connectivity index (χ3n) is 3.27. The van der Waals surface area contributed by atoms with Crippen molar-refractivity contribution >= 4 is 5.82 Å². The Morgan fingerprint density at radius 2 is 2.41 bits per heavy atom. The molecule has 0 radical (unpaired) electrons. The van der Waals surface area contributed by atoms with Gasteiger partial charge < -0.3 is 15.0 Å². The van der Waals surface area contributed by atoms with Crippen LogP contribution in [-0.2, 0) is 0 Å². The van der Waals surface area contributed by atoms with Gasteiger partial charge in [0.05, 0.1) is 13.3 Å². The molecule has 0 aromatic carbocycles. The molecular weight excluding hydrogens is 214 g/mol. The topological polar surface area (TPSA) is 37.4 Å². The first kappa shape index (κ1) is 12.2. The quantitative estimate of drug-likeness (QED) is 0.842. The minimum Gasteiger partial charge on any atom is -0.495 e. The summed E-state index contributed by atoms with van der Waals surface area (Å²) in [5.74, 6) is 1.84. The number of nitrogens with zero attached hydrogens (tertiary/aromatic N) is 2.